The molecule has 26 heavy (non-hydrogen) atoms. The van der Waals surface area contributed by atoms with Gasteiger partial charge in [0.25, 0.3) is 0 Å². The van der Waals surface area contributed by atoms with E-state index in [2.05, 4.69) is 51.0 Å². The van der Waals surface area contributed by atoms with Crippen molar-refractivity contribution in [1.82, 2.24) is 4.90 Å². The molecule has 2 aliphatic rings. The highest BCUT2D eigenvalue weighted by Gasteiger charge is 2.49. The van der Waals surface area contributed by atoms with E-state index in [-0.39, 0.29) is 0 Å². The SMILES string of the molecule is CC1CCC2c3ccc(OCCN(C)C)cc3CCC2(C)C1CCC=O. The van der Waals surface area contributed by atoms with Gasteiger partial charge in [-0.15, -0.1) is 0 Å². The molecular formula is C23H35NO2. The lowest BCUT2D eigenvalue weighted by atomic mass is 9.51. The maximum Gasteiger partial charge on any atom is 0.120 e. The molecule has 2 aliphatic carbocycles. The van der Waals surface area contributed by atoms with Gasteiger partial charge >= 0.3 is 0 Å². The first-order valence-corrected chi connectivity index (χ1v) is 10.3. The normalized spacial score (nSPS) is 30.6. The standard InChI is InChI=1S/C23H35NO2/c1-17-7-10-22-20-9-8-19(26-15-13-24(3)4)16-18(20)11-12-23(22,2)21(17)6-5-14-25/h8-9,14,16-17,21-22H,5-7,10-13,15H2,1-4H3. The van der Waals surface area contributed by atoms with Crippen molar-refractivity contribution in [2.24, 2.45) is 17.3 Å². The molecule has 0 bridgehead atoms. The molecule has 0 aromatic heterocycles. The van der Waals surface area contributed by atoms with Crippen LogP contribution in [0.2, 0.25) is 0 Å². The zero-order valence-electron chi connectivity index (χ0n) is 17.0. The number of carbonyl (C=O) groups is 1. The molecule has 1 aromatic carbocycles. The number of nitrogens with zero attached hydrogens (tertiary/aromatic N) is 1. The van der Waals surface area contributed by atoms with Crippen LogP contribution in [0.15, 0.2) is 18.2 Å². The highest BCUT2D eigenvalue weighted by atomic mass is 16.5. The summed E-state index contributed by atoms with van der Waals surface area (Å²) in [5.41, 5.74) is 3.36. The monoisotopic (exact) mass is 357 g/mol. The molecule has 144 valence electrons. The lowest BCUT2D eigenvalue weighted by Gasteiger charge is -2.54. The Bertz CT molecular complexity index is 627. The van der Waals surface area contributed by atoms with Crippen molar-refractivity contribution in [2.75, 3.05) is 27.2 Å². The Morgan fingerprint density at radius 1 is 1.31 bits per heavy atom. The number of ether oxygens (including phenoxy) is 1. The molecule has 0 spiro atoms. The molecule has 4 unspecified atom stereocenters. The molecule has 3 nitrogen and oxygen atoms in total. The minimum absolute atomic E-state index is 0.334. The molecule has 0 saturated heterocycles. The van der Waals surface area contributed by atoms with Gasteiger partial charge in [0.05, 0.1) is 0 Å². The molecule has 0 amide bonds. The van der Waals surface area contributed by atoms with Crippen molar-refractivity contribution < 1.29 is 9.53 Å². The Labute approximate surface area is 159 Å². The summed E-state index contributed by atoms with van der Waals surface area (Å²) in [5, 5.41) is 0. The van der Waals surface area contributed by atoms with Crippen LogP contribution < -0.4 is 4.74 Å². The van der Waals surface area contributed by atoms with E-state index < -0.39 is 0 Å². The summed E-state index contributed by atoms with van der Waals surface area (Å²) in [6, 6.07) is 6.77. The lowest BCUT2D eigenvalue weighted by Crippen LogP contribution is -2.44. The Hall–Kier alpha value is -1.35. The number of benzene rings is 1. The van der Waals surface area contributed by atoms with E-state index in [9.17, 15) is 4.79 Å². The molecule has 1 aromatic rings. The molecule has 4 atom stereocenters. The number of rotatable bonds is 7. The summed E-state index contributed by atoms with van der Waals surface area (Å²) in [6.07, 6.45) is 7.81. The highest BCUT2D eigenvalue weighted by Crippen LogP contribution is 2.59. The van der Waals surface area contributed by atoms with Crippen molar-refractivity contribution in [3.63, 3.8) is 0 Å². The van der Waals surface area contributed by atoms with Crippen LogP contribution in [-0.4, -0.2) is 38.4 Å². The molecule has 0 radical (unpaired) electrons. The maximum atomic E-state index is 11.0. The van der Waals surface area contributed by atoms with Gasteiger partial charge in [0, 0.05) is 13.0 Å². The smallest absolute Gasteiger partial charge is 0.120 e. The topological polar surface area (TPSA) is 29.5 Å². The van der Waals surface area contributed by atoms with Gasteiger partial charge in [-0.2, -0.15) is 0 Å². The van der Waals surface area contributed by atoms with Crippen LogP contribution in [0.3, 0.4) is 0 Å². The third-order valence-corrected chi connectivity index (χ3v) is 7.07. The van der Waals surface area contributed by atoms with Gasteiger partial charge in [-0.3, -0.25) is 0 Å². The first-order valence-electron chi connectivity index (χ1n) is 10.3. The molecular weight excluding hydrogens is 322 g/mol. The van der Waals surface area contributed by atoms with Gasteiger partial charge in [0.2, 0.25) is 0 Å². The largest absolute Gasteiger partial charge is 0.492 e. The molecule has 0 N–H and O–H groups in total. The second-order valence-corrected chi connectivity index (χ2v) is 8.98. The van der Waals surface area contributed by atoms with Crippen LogP contribution in [0, 0.1) is 17.3 Å². The fourth-order valence-corrected chi connectivity index (χ4v) is 5.58. The number of hydrogen-bond donors (Lipinski definition) is 0. The van der Waals surface area contributed by atoms with Crippen LogP contribution >= 0.6 is 0 Å². The predicted octanol–water partition coefficient (Wildman–Crippen LogP) is 4.69. The van der Waals surface area contributed by atoms with Gasteiger partial charge < -0.3 is 14.4 Å². The van der Waals surface area contributed by atoms with Crippen LogP contribution in [0.5, 0.6) is 5.75 Å². The van der Waals surface area contributed by atoms with E-state index in [1.807, 2.05) is 0 Å². The fourth-order valence-electron chi connectivity index (χ4n) is 5.58. The number of likely N-dealkylation sites (N-methyl/N-ethyl adjacent to an activating group) is 1. The van der Waals surface area contributed by atoms with Crippen LogP contribution in [0.25, 0.3) is 0 Å². The third-order valence-electron chi connectivity index (χ3n) is 7.07. The number of aldehydes is 1. The van der Waals surface area contributed by atoms with Crippen molar-refractivity contribution in [2.45, 2.75) is 58.3 Å². The summed E-state index contributed by atoms with van der Waals surface area (Å²) in [7, 11) is 4.14. The Kier molecular flexibility index (Phi) is 6.06. The predicted molar refractivity (Wildman–Crippen MR) is 107 cm³/mol. The third kappa shape index (κ3) is 3.83. The molecule has 1 saturated carbocycles. The zero-order chi connectivity index (χ0) is 18.7. The minimum atomic E-state index is 0.334. The second kappa shape index (κ2) is 8.12. The van der Waals surface area contributed by atoms with Gasteiger partial charge in [-0.25, -0.2) is 0 Å². The van der Waals surface area contributed by atoms with E-state index in [0.29, 0.717) is 23.7 Å². The first-order chi connectivity index (χ1) is 12.5. The van der Waals surface area contributed by atoms with Gasteiger partial charge in [-0.1, -0.05) is 19.9 Å². The fraction of sp³-hybridized carbons (Fsp3) is 0.696. The average molecular weight is 358 g/mol. The molecule has 3 heteroatoms. The Morgan fingerprint density at radius 2 is 2.12 bits per heavy atom. The van der Waals surface area contributed by atoms with Gasteiger partial charge in [-0.05, 0) is 92.6 Å². The van der Waals surface area contributed by atoms with E-state index in [1.54, 1.807) is 5.56 Å². The van der Waals surface area contributed by atoms with Crippen LogP contribution in [0.4, 0.5) is 0 Å². The van der Waals surface area contributed by atoms with Crippen molar-refractivity contribution in [3.8, 4) is 5.75 Å². The summed E-state index contributed by atoms with van der Waals surface area (Å²) in [5.74, 6) is 3.04. The maximum absolute atomic E-state index is 11.0. The van der Waals surface area contributed by atoms with Crippen molar-refractivity contribution in [1.29, 1.82) is 0 Å². The van der Waals surface area contributed by atoms with E-state index in [1.165, 1.54) is 24.8 Å². The number of aryl methyl sites for hydroxylation is 1. The average Bonchev–Trinajstić information content (AvgIpc) is 2.60. The number of carbonyl (C=O) groups excluding carboxylic acids is 1. The van der Waals surface area contributed by atoms with Gasteiger partial charge in [0.15, 0.2) is 0 Å². The molecule has 0 heterocycles. The first kappa shape index (κ1) is 19.4. The minimum Gasteiger partial charge on any atom is -0.492 e. The second-order valence-electron chi connectivity index (χ2n) is 8.98. The van der Waals surface area contributed by atoms with E-state index in [4.69, 9.17) is 4.74 Å². The molecule has 1 fully saturated rings. The van der Waals surface area contributed by atoms with Crippen LogP contribution in [0.1, 0.15) is 63.0 Å². The summed E-state index contributed by atoms with van der Waals surface area (Å²) >= 11 is 0. The van der Waals surface area contributed by atoms with Gasteiger partial charge in [0.1, 0.15) is 18.6 Å². The zero-order valence-corrected chi connectivity index (χ0v) is 17.0. The summed E-state index contributed by atoms with van der Waals surface area (Å²) < 4.78 is 5.95. The van der Waals surface area contributed by atoms with E-state index in [0.717, 1.165) is 43.9 Å². The van der Waals surface area contributed by atoms with Crippen molar-refractivity contribution in [3.05, 3.63) is 29.3 Å². The van der Waals surface area contributed by atoms with E-state index >= 15 is 0 Å². The lowest BCUT2D eigenvalue weighted by molar-refractivity contribution is -0.108. The Morgan fingerprint density at radius 3 is 2.85 bits per heavy atom. The molecule has 0 aliphatic heterocycles. The number of fused-ring (bicyclic) bond motifs is 3. The Balaban J connectivity index is 1.79. The number of hydrogen-bond acceptors (Lipinski definition) is 3. The quantitative estimate of drug-likeness (QED) is 0.663. The molecule has 3 rings (SSSR count). The van der Waals surface area contributed by atoms with Crippen LogP contribution in [-0.2, 0) is 11.2 Å². The van der Waals surface area contributed by atoms with Crippen molar-refractivity contribution >= 4 is 6.29 Å². The highest BCUT2D eigenvalue weighted by molar-refractivity contribution is 5.49. The summed E-state index contributed by atoms with van der Waals surface area (Å²) in [6.45, 7) is 6.56. The summed E-state index contributed by atoms with van der Waals surface area (Å²) in [4.78, 5) is 13.1.